The molecule has 5 heteroatoms. The first-order valence-corrected chi connectivity index (χ1v) is 14.1. The van der Waals surface area contributed by atoms with Crippen LogP contribution < -0.4 is 4.74 Å². The summed E-state index contributed by atoms with van der Waals surface area (Å²) in [5.41, 5.74) is 6.25. The Kier molecular flexibility index (Phi) is 4.78. The third kappa shape index (κ3) is 2.88. The quantitative estimate of drug-likeness (QED) is 0.528. The molecule has 4 atom stereocenters. The Balaban J connectivity index is 1.44. The van der Waals surface area contributed by atoms with Crippen LogP contribution in [0.15, 0.2) is 12.1 Å². The molecule has 1 aromatic carbocycles. The number of likely N-dealkylation sites (tertiary alicyclic amines) is 1. The van der Waals surface area contributed by atoms with E-state index in [2.05, 4.69) is 36.7 Å². The van der Waals surface area contributed by atoms with Gasteiger partial charge in [-0.2, -0.15) is 0 Å². The molecule has 3 aliphatic carbocycles. The first-order chi connectivity index (χ1) is 16.9. The number of unbranched alkanes of at least 4 members (excludes halogenated alkanes) is 1. The second kappa shape index (κ2) is 7.52. The summed E-state index contributed by atoms with van der Waals surface area (Å²) in [6, 6.07) is 4.00. The fraction of sp³-hybridized carbons (Fsp3) is 0.667. The monoisotopic (exact) mass is 476 g/mol. The van der Waals surface area contributed by atoms with Gasteiger partial charge in [0.15, 0.2) is 17.6 Å². The number of phenolic OH excluding ortho intramolecular Hbond substituents is 1. The van der Waals surface area contributed by atoms with Gasteiger partial charge in [-0.25, -0.2) is 0 Å². The highest BCUT2D eigenvalue weighted by Crippen LogP contribution is 2.69. The van der Waals surface area contributed by atoms with Crippen molar-refractivity contribution in [2.24, 2.45) is 11.8 Å². The summed E-state index contributed by atoms with van der Waals surface area (Å²) < 4.78 is 6.75. The minimum Gasteiger partial charge on any atom is -0.504 e. The average Bonchev–Trinajstić information content (AvgIpc) is 3.47. The van der Waals surface area contributed by atoms with Crippen molar-refractivity contribution in [2.45, 2.75) is 102 Å². The Labute approximate surface area is 208 Å². The maximum atomic E-state index is 13.0. The Bertz CT molecular complexity index is 1180. The zero-order valence-corrected chi connectivity index (χ0v) is 21.5. The van der Waals surface area contributed by atoms with Gasteiger partial charge in [0.1, 0.15) is 0 Å². The first kappa shape index (κ1) is 22.2. The molecule has 1 saturated heterocycles. The minimum atomic E-state index is -0.887. The van der Waals surface area contributed by atoms with Crippen LogP contribution in [0.5, 0.6) is 11.5 Å². The highest BCUT2D eigenvalue weighted by Gasteiger charge is 2.73. The Morgan fingerprint density at radius 2 is 2.09 bits per heavy atom. The average molecular weight is 477 g/mol. The molecule has 1 aromatic heterocycles. The molecule has 188 valence electrons. The molecule has 35 heavy (non-hydrogen) atoms. The molecular formula is C30H40N2O3. The normalized spacial score (nSPS) is 32.5. The van der Waals surface area contributed by atoms with E-state index in [1.807, 2.05) is 0 Å². The topological polar surface area (TPSA) is 68.7 Å². The Hall–Kier alpha value is -1.98. The van der Waals surface area contributed by atoms with Crippen molar-refractivity contribution in [1.29, 1.82) is 0 Å². The molecule has 2 aromatic rings. The number of nitrogens with zero attached hydrogens (tertiary/aromatic N) is 1. The van der Waals surface area contributed by atoms with Gasteiger partial charge in [0.25, 0.3) is 0 Å². The molecule has 5 nitrogen and oxygen atoms in total. The number of aromatic nitrogens is 1. The lowest BCUT2D eigenvalue weighted by Crippen LogP contribution is -2.74. The van der Waals surface area contributed by atoms with E-state index < -0.39 is 11.0 Å². The van der Waals surface area contributed by atoms with Gasteiger partial charge < -0.3 is 19.9 Å². The van der Waals surface area contributed by atoms with Gasteiger partial charge in [0, 0.05) is 30.3 Å². The zero-order chi connectivity index (χ0) is 24.1. The molecule has 3 heterocycles. The van der Waals surface area contributed by atoms with E-state index in [0.29, 0.717) is 18.1 Å². The number of benzene rings is 1. The summed E-state index contributed by atoms with van der Waals surface area (Å²) in [7, 11) is 0. The van der Waals surface area contributed by atoms with Crippen molar-refractivity contribution in [1.82, 2.24) is 9.88 Å². The second-order valence-corrected chi connectivity index (χ2v) is 12.6. The number of aromatic amines is 1. The van der Waals surface area contributed by atoms with Gasteiger partial charge in [-0.15, -0.1) is 0 Å². The van der Waals surface area contributed by atoms with Crippen LogP contribution in [0.1, 0.15) is 92.6 Å². The number of aliphatic hydroxyl groups is 1. The van der Waals surface area contributed by atoms with Crippen molar-refractivity contribution in [3.05, 3.63) is 45.8 Å². The Morgan fingerprint density at radius 1 is 1.26 bits per heavy atom. The van der Waals surface area contributed by atoms with Gasteiger partial charge >= 0.3 is 0 Å². The molecule has 0 radical (unpaired) electrons. The predicted octanol–water partition coefficient (Wildman–Crippen LogP) is 4.96. The number of hydrogen-bond acceptors (Lipinski definition) is 4. The minimum absolute atomic E-state index is 0.0987. The van der Waals surface area contributed by atoms with Crippen LogP contribution in [0.4, 0.5) is 0 Å². The number of ether oxygens (including phenoxy) is 1. The van der Waals surface area contributed by atoms with Crippen LogP contribution in [0.2, 0.25) is 0 Å². The maximum Gasteiger partial charge on any atom is 0.166 e. The lowest BCUT2D eigenvalue weighted by molar-refractivity contribution is -0.173. The third-order valence-electron chi connectivity index (χ3n) is 9.95. The lowest BCUT2D eigenvalue weighted by atomic mass is 9.49. The van der Waals surface area contributed by atoms with Gasteiger partial charge in [0.05, 0.1) is 16.7 Å². The van der Waals surface area contributed by atoms with Gasteiger partial charge in [-0.05, 0) is 86.1 Å². The maximum absolute atomic E-state index is 13.0. The van der Waals surface area contributed by atoms with Crippen molar-refractivity contribution < 1.29 is 14.9 Å². The summed E-state index contributed by atoms with van der Waals surface area (Å²) in [4.78, 5) is 6.49. The number of piperidine rings is 1. The van der Waals surface area contributed by atoms with Crippen molar-refractivity contribution >= 4 is 0 Å². The number of fused-ring (bicyclic) bond motifs is 2. The molecule has 2 aliphatic heterocycles. The molecule has 0 amide bonds. The Morgan fingerprint density at radius 3 is 2.83 bits per heavy atom. The summed E-state index contributed by atoms with van der Waals surface area (Å²) in [6.07, 6.45) is 9.20. The first-order valence-electron chi connectivity index (χ1n) is 14.1. The molecule has 1 saturated carbocycles. The van der Waals surface area contributed by atoms with Crippen molar-refractivity contribution in [3.63, 3.8) is 0 Å². The molecule has 2 bridgehead atoms. The van der Waals surface area contributed by atoms with E-state index in [9.17, 15) is 10.2 Å². The number of H-pyrrole nitrogens is 1. The molecule has 1 spiro atoms. The van der Waals surface area contributed by atoms with E-state index in [1.54, 1.807) is 6.07 Å². The number of aromatic hydroxyl groups is 1. The van der Waals surface area contributed by atoms with Crippen LogP contribution in [-0.2, 0) is 31.1 Å². The van der Waals surface area contributed by atoms with Crippen LogP contribution in [-0.4, -0.2) is 44.8 Å². The zero-order valence-electron chi connectivity index (χ0n) is 21.5. The molecular weight excluding hydrogens is 436 g/mol. The second-order valence-electron chi connectivity index (χ2n) is 12.6. The highest BCUT2D eigenvalue weighted by atomic mass is 16.5. The van der Waals surface area contributed by atoms with Gasteiger partial charge in [-0.1, -0.05) is 33.3 Å². The van der Waals surface area contributed by atoms with Crippen LogP contribution in [0.3, 0.4) is 0 Å². The molecule has 0 unspecified atom stereocenters. The van der Waals surface area contributed by atoms with Crippen molar-refractivity contribution in [3.8, 4) is 11.5 Å². The SMILES string of the molecule is CCCCc1c(CC(C)C)[nH]c2c1C[C@@]1(O)[C@H]3Cc4ccc(O)c5c4[C@@]1(CCN3CC1CC1)[C@H]2O5. The fourth-order valence-electron chi connectivity index (χ4n) is 8.26. The van der Waals surface area contributed by atoms with E-state index in [4.69, 9.17) is 4.74 Å². The summed E-state index contributed by atoms with van der Waals surface area (Å²) in [5.74, 6) is 2.20. The van der Waals surface area contributed by atoms with Crippen LogP contribution in [0, 0.1) is 11.8 Å². The van der Waals surface area contributed by atoms with Gasteiger partial charge in [-0.3, -0.25) is 4.90 Å². The lowest BCUT2D eigenvalue weighted by Gasteiger charge is -2.62. The third-order valence-corrected chi connectivity index (χ3v) is 9.95. The van der Waals surface area contributed by atoms with E-state index >= 15 is 0 Å². The predicted molar refractivity (Wildman–Crippen MR) is 136 cm³/mol. The summed E-state index contributed by atoms with van der Waals surface area (Å²) >= 11 is 0. The largest absolute Gasteiger partial charge is 0.504 e. The van der Waals surface area contributed by atoms with Crippen LogP contribution in [0.25, 0.3) is 0 Å². The smallest absolute Gasteiger partial charge is 0.166 e. The van der Waals surface area contributed by atoms with E-state index in [1.165, 1.54) is 40.9 Å². The molecule has 5 aliphatic rings. The fourth-order valence-corrected chi connectivity index (χ4v) is 8.26. The van der Waals surface area contributed by atoms with Crippen molar-refractivity contribution in [2.75, 3.05) is 13.1 Å². The molecule has 3 N–H and O–H groups in total. The number of nitrogens with one attached hydrogen (secondary N) is 1. The molecule has 2 fully saturated rings. The van der Waals surface area contributed by atoms with Crippen LogP contribution >= 0.6 is 0 Å². The number of phenols is 1. The summed E-state index contributed by atoms with van der Waals surface area (Å²) in [6.45, 7) is 8.92. The molecule has 7 rings (SSSR count). The number of rotatable bonds is 7. The standard InChI is InChI=1S/C30H40N2O3/c1-4-5-6-20-21-15-30(34)24-14-19-9-10-23(33)27-25(19)29(30,11-12-32(24)16-18-7-8-18)28(35-27)26(21)31-22(20)13-17(2)3/h9-10,17-18,24,28,31,33-34H,4-8,11-16H2,1-3H3/t24-,28+,29+,30-/m1/s1. The van der Waals surface area contributed by atoms with E-state index in [-0.39, 0.29) is 17.9 Å². The highest BCUT2D eigenvalue weighted by molar-refractivity contribution is 5.65. The van der Waals surface area contributed by atoms with E-state index in [0.717, 1.165) is 63.1 Å². The summed E-state index contributed by atoms with van der Waals surface area (Å²) in [5, 5.41) is 23.9. The van der Waals surface area contributed by atoms with Gasteiger partial charge in [0.2, 0.25) is 0 Å². The number of hydrogen-bond donors (Lipinski definition) is 3.